The molecule has 5 rings (SSSR count). The third-order valence-electron chi connectivity index (χ3n) is 9.58. The van der Waals surface area contributed by atoms with Gasteiger partial charge >= 0.3 is 29.8 Å². The van der Waals surface area contributed by atoms with E-state index in [1.807, 2.05) is 0 Å². The lowest BCUT2D eigenvalue weighted by atomic mass is 9.46. The van der Waals surface area contributed by atoms with Crippen LogP contribution < -0.4 is 0 Å². The molecule has 1 aromatic heterocycles. The zero-order chi connectivity index (χ0) is 34.4. The molecule has 2 aliphatic carbocycles. The Morgan fingerprint density at radius 1 is 0.830 bits per heavy atom. The van der Waals surface area contributed by atoms with Crippen molar-refractivity contribution in [3.63, 3.8) is 0 Å². The summed E-state index contributed by atoms with van der Waals surface area (Å²) < 4.78 is 36.6. The molecule has 3 aliphatic rings. The van der Waals surface area contributed by atoms with E-state index in [-0.39, 0.29) is 24.0 Å². The number of nitrogens with zero attached hydrogens (tertiary/aromatic N) is 1. The molecule has 2 saturated carbocycles. The van der Waals surface area contributed by atoms with Gasteiger partial charge in [0.2, 0.25) is 0 Å². The van der Waals surface area contributed by atoms with Crippen LogP contribution in [0.25, 0.3) is 0 Å². The fourth-order valence-electron chi connectivity index (χ4n) is 7.87. The van der Waals surface area contributed by atoms with E-state index in [0.717, 1.165) is 20.8 Å². The van der Waals surface area contributed by atoms with E-state index in [0.29, 0.717) is 0 Å². The van der Waals surface area contributed by atoms with E-state index in [1.165, 1.54) is 25.4 Å². The Kier molecular flexibility index (Phi) is 8.93. The van der Waals surface area contributed by atoms with Crippen molar-refractivity contribution in [2.75, 3.05) is 6.61 Å². The molecule has 1 spiro atoms. The number of carbonyl (C=O) groups is 5. The molecule has 252 valence electrons. The lowest BCUT2D eigenvalue weighted by Crippen LogP contribution is -2.83. The minimum atomic E-state index is -2.07. The van der Waals surface area contributed by atoms with E-state index in [1.54, 1.807) is 50.2 Å². The number of carbonyl (C=O) groups excluding carboxylic acids is 5. The molecule has 1 aliphatic heterocycles. The minimum absolute atomic E-state index is 0.0553. The number of hydrogen-bond acceptors (Lipinski definition) is 13. The van der Waals surface area contributed by atoms with E-state index >= 15 is 0 Å². The second-order valence-corrected chi connectivity index (χ2v) is 13.1. The summed E-state index contributed by atoms with van der Waals surface area (Å²) in [5.41, 5.74) is -6.96. The van der Waals surface area contributed by atoms with E-state index < -0.39 is 89.0 Å². The van der Waals surface area contributed by atoms with Gasteiger partial charge in [-0.05, 0) is 51.5 Å². The molecule has 1 N–H and O–H groups in total. The van der Waals surface area contributed by atoms with Gasteiger partial charge in [-0.2, -0.15) is 0 Å². The Morgan fingerprint density at radius 3 is 2.06 bits per heavy atom. The van der Waals surface area contributed by atoms with Crippen LogP contribution in [0.3, 0.4) is 0 Å². The molecule has 0 unspecified atom stereocenters. The molecule has 1 saturated heterocycles. The summed E-state index contributed by atoms with van der Waals surface area (Å²) in [7, 11) is 0. The second kappa shape index (κ2) is 12.3. The summed E-state index contributed by atoms with van der Waals surface area (Å²) >= 11 is 0. The van der Waals surface area contributed by atoms with Crippen LogP contribution in [-0.2, 0) is 42.8 Å². The number of rotatable bonds is 8. The predicted octanol–water partition coefficient (Wildman–Crippen LogP) is 2.97. The predicted molar refractivity (Wildman–Crippen MR) is 161 cm³/mol. The normalized spacial score (nSPS) is 33.5. The van der Waals surface area contributed by atoms with Crippen molar-refractivity contribution in [1.29, 1.82) is 0 Å². The summed E-state index contributed by atoms with van der Waals surface area (Å²) in [6.07, 6.45) is -3.02. The van der Waals surface area contributed by atoms with Crippen molar-refractivity contribution in [1.82, 2.24) is 4.98 Å². The highest BCUT2D eigenvalue weighted by Gasteiger charge is 2.86. The Hall–Kier alpha value is -4.36. The highest BCUT2D eigenvalue weighted by atomic mass is 16.6. The van der Waals surface area contributed by atoms with Crippen LogP contribution in [0.15, 0.2) is 54.9 Å². The largest absolute Gasteiger partial charge is 0.465 e. The van der Waals surface area contributed by atoms with Crippen molar-refractivity contribution in [2.24, 2.45) is 11.3 Å². The zero-order valence-corrected chi connectivity index (χ0v) is 27.1. The van der Waals surface area contributed by atoms with Crippen LogP contribution in [-0.4, -0.2) is 87.8 Å². The number of aliphatic hydroxyl groups is 1. The summed E-state index contributed by atoms with van der Waals surface area (Å²) in [5.74, 6) is -4.55. The molecular weight excluding hydrogens is 614 g/mol. The van der Waals surface area contributed by atoms with Crippen LogP contribution >= 0.6 is 0 Å². The van der Waals surface area contributed by atoms with Crippen molar-refractivity contribution < 1.29 is 57.5 Å². The summed E-state index contributed by atoms with van der Waals surface area (Å²) in [4.78, 5) is 69.2. The lowest BCUT2D eigenvalue weighted by Gasteiger charge is -2.65. The minimum Gasteiger partial charge on any atom is -0.465 e. The van der Waals surface area contributed by atoms with Crippen LogP contribution in [0, 0.1) is 11.3 Å². The molecule has 2 bridgehead atoms. The van der Waals surface area contributed by atoms with Crippen LogP contribution in [0.5, 0.6) is 0 Å². The van der Waals surface area contributed by atoms with Gasteiger partial charge < -0.3 is 33.5 Å². The summed E-state index contributed by atoms with van der Waals surface area (Å²) in [6.45, 7) is 7.70. The van der Waals surface area contributed by atoms with Crippen molar-refractivity contribution in [3.05, 3.63) is 66.0 Å². The zero-order valence-electron chi connectivity index (χ0n) is 27.1. The molecule has 13 nitrogen and oxygen atoms in total. The SMILES string of the molecule is CC(=O)OC[C@]12[C@@H](OC(=O)c3ccccc3)C[C@@H]3[C@@H](OC(=O)c4cccnc4)[C@]1(OC3(C)C)[C@@](C)(O)C[C@H](OC(C)=O)[C@@H]2OC(C)=O. The molecule has 3 fully saturated rings. The maximum atomic E-state index is 13.7. The molecule has 47 heavy (non-hydrogen) atoms. The van der Waals surface area contributed by atoms with E-state index in [4.69, 9.17) is 28.4 Å². The molecule has 0 amide bonds. The van der Waals surface area contributed by atoms with E-state index in [9.17, 15) is 29.1 Å². The second-order valence-electron chi connectivity index (χ2n) is 13.1. The number of fused-ring (bicyclic) bond motifs is 1. The molecule has 2 heterocycles. The monoisotopic (exact) mass is 653 g/mol. The van der Waals surface area contributed by atoms with Gasteiger partial charge in [0, 0.05) is 45.5 Å². The molecule has 8 atom stereocenters. The smallest absolute Gasteiger partial charge is 0.340 e. The van der Waals surface area contributed by atoms with Crippen LogP contribution in [0.2, 0.25) is 0 Å². The van der Waals surface area contributed by atoms with Gasteiger partial charge in [0.25, 0.3) is 0 Å². The Morgan fingerprint density at radius 2 is 1.47 bits per heavy atom. The first-order valence-corrected chi connectivity index (χ1v) is 15.3. The molecule has 13 heteroatoms. The van der Waals surface area contributed by atoms with Gasteiger partial charge in [-0.15, -0.1) is 0 Å². The third kappa shape index (κ3) is 5.75. The molecule has 0 radical (unpaired) electrons. The Bertz CT molecular complexity index is 1540. The first-order valence-electron chi connectivity index (χ1n) is 15.3. The highest BCUT2D eigenvalue weighted by molar-refractivity contribution is 5.90. The maximum Gasteiger partial charge on any atom is 0.340 e. The number of ether oxygens (including phenoxy) is 6. The van der Waals surface area contributed by atoms with Crippen LogP contribution in [0.1, 0.15) is 75.1 Å². The topological polar surface area (TPSA) is 174 Å². The molecule has 2 aromatic rings. The average molecular weight is 654 g/mol. The van der Waals surface area contributed by atoms with Gasteiger partial charge in [0.1, 0.15) is 30.3 Å². The van der Waals surface area contributed by atoms with Gasteiger partial charge in [-0.1, -0.05) is 18.2 Å². The molecular formula is C34H39NO12. The molecule has 1 aromatic carbocycles. The Balaban J connectivity index is 1.79. The fraction of sp³-hybridized carbons (Fsp3) is 0.529. The summed E-state index contributed by atoms with van der Waals surface area (Å²) in [5, 5.41) is 12.6. The number of esters is 5. The van der Waals surface area contributed by atoms with Gasteiger partial charge in [-0.25, -0.2) is 9.59 Å². The quantitative estimate of drug-likeness (QED) is 0.326. The van der Waals surface area contributed by atoms with Crippen molar-refractivity contribution >= 4 is 29.8 Å². The number of benzene rings is 1. The third-order valence-corrected chi connectivity index (χ3v) is 9.58. The van der Waals surface area contributed by atoms with E-state index in [2.05, 4.69) is 4.98 Å². The number of pyridine rings is 1. The highest BCUT2D eigenvalue weighted by Crippen LogP contribution is 2.69. The number of hydrogen-bond donors (Lipinski definition) is 1. The van der Waals surface area contributed by atoms with Gasteiger partial charge in [0.05, 0.1) is 22.3 Å². The summed E-state index contributed by atoms with van der Waals surface area (Å²) in [6, 6.07) is 11.2. The standard InChI is InChI=1S/C34H39NO12/c1-19(36)42-18-33-26(45-29(39)22-11-8-7-9-12-22)15-24-27(46-30(40)23-13-10-14-35-17-23)34(33,47-31(24,4)5)32(6,41)16-25(43-20(2)37)28(33)44-21(3)38/h7-14,17,24-28,41H,15-16,18H2,1-6H3/t24-,25+,26+,27-,28+,32+,33-,34+/m1/s1. The van der Waals surface area contributed by atoms with Gasteiger partial charge in [-0.3, -0.25) is 19.4 Å². The Labute approximate surface area is 271 Å². The first kappa shape index (κ1) is 34.0. The van der Waals surface area contributed by atoms with Gasteiger partial charge in [0.15, 0.2) is 11.7 Å². The lowest BCUT2D eigenvalue weighted by molar-refractivity contribution is -0.354. The number of aromatic nitrogens is 1. The fourth-order valence-corrected chi connectivity index (χ4v) is 7.87. The maximum absolute atomic E-state index is 13.7. The van der Waals surface area contributed by atoms with Crippen molar-refractivity contribution in [2.45, 2.75) is 95.6 Å². The first-order chi connectivity index (χ1) is 22.1. The van der Waals surface area contributed by atoms with Crippen LogP contribution in [0.4, 0.5) is 0 Å². The van der Waals surface area contributed by atoms with Crippen molar-refractivity contribution in [3.8, 4) is 0 Å². The average Bonchev–Trinajstić information content (AvgIpc) is 3.17.